The van der Waals surface area contributed by atoms with Crippen LogP contribution in [0.25, 0.3) is 0 Å². The van der Waals surface area contributed by atoms with E-state index >= 15 is 0 Å². The predicted molar refractivity (Wildman–Crippen MR) is 112 cm³/mol. The van der Waals surface area contributed by atoms with Crippen molar-refractivity contribution in [2.24, 2.45) is 0 Å². The van der Waals surface area contributed by atoms with E-state index in [9.17, 15) is 4.79 Å². The van der Waals surface area contributed by atoms with Crippen LogP contribution in [0, 0.1) is 11.8 Å². The van der Waals surface area contributed by atoms with Crippen LogP contribution in [0.15, 0.2) is 18.5 Å². The van der Waals surface area contributed by atoms with Gasteiger partial charge in [-0.25, -0.2) is 4.79 Å². The summed E-state index contributed by atoms with van der Waals surface area (Å²) in [5.74, 6) is 6.14. The standard InChI is InChI=1S/C20H25ClN6O3/c1-13(16-12-26(7-8-29-16)19(28)30-20(2,3)4)27-11-14(10-23-27)5-6-15-9-17(21)24-25-18(15)22/h9-11,13,16H,7-8,12H2,1-4H3,(H2,22,25). The predicted octanol–water partition coefficient (Wildman–Crippen LogP) is 2.51. The van der Waals surface area contributed by atoms with Crippen molar-refractivity contribution in [2.75, 3.05) is 25.4 Å². The molecule has 2 aromatic rings. The van der Waals surface area contributed by atoms with Gasteiger partial charge in [0.1, 0.15) is 5.60 Å². The summed E-state index contributed by atoms with van der Waals surface area (Å²) in [4.78, 5) is 14.0. The molecule has 0 radical (unpaired) electrons. The van der Waals surface area contributed by atoms with Crippen molar-refractivity contribution in [1.82, 2.24) is 24.9 Å². The van der Waals surface area contributed by atoms with Gasteiger partial charge >= 0.3 is 6.09 Å². The molecule has 9 nitrogen and oxygen atoms in total. The number of hydrogen-bond donors (Lipinski definition) is 1. The van der Waals surface area contributed by atoms with E-state index in [-0.39, 0.29) is 29.2 Å². The van der Waals surface area contributed by atoms with Gasteiger partial charge in [-0.2, -0.15) is 5.10 Å². The van der Waals surface area contributed by atoms with Gasteiger partial charge in [0.15, 0.2) is 11.0 Å². The van der Waals surface area contributed by atoms with Crippen LogP contribution in [-0.2, 0) is 9.47 Å². The summed E-state index contributed by atoms with van der Waals surface area (Å²) in [7, 11) is 0. The number of amides is 1. The number of nitrogens with two attached hydrogens (primary N) is 1. The van der Waals surface area contributed by atoms with Gasteiger partial charge in [0.25, 0.3) is 0 Å². The van der Waals surface area contributed by atoms with E-state index in [4.69, 9.17) is 26.8 Å². The SMILES string of the molecule is CC(C1CN(C(=O)OC(C)(C)C)CCO1)n1cc(C#Cc2cc(Cl)nnc2N)cn1. The molecule has 1 amide bonds. The van der Waals surface area contributed by atoms with Crippen molar-refractivity contribution < 1.29 is 14.3 Å². The molecule has 0 aliphatic carbocycles. The third kappa shape index (κ3) is 5.62. The number of nitrogens with zero attached hydrogens (tertiary/aromatic N) is 5. The number of carbonyl (C=O) groups excluding carboxylic acids is 1. The Morgan fingerprint density at radius 2 is 2.17 bits per heavy atom. The fraction of sp³-hybridized carbons (Fsp3) is 0.500. The number of anilines is 1. The van der Waals surface area contributed by atoms with E-state index in [1.165, 1.54) is 0 Å². The Labute approximate surface area is 180 Å². The summed E-state index contributed by atoms with van der Waals surface area (Å²) in [5.41, 5.74) is 6.43. The molecule has 2 aromatic heterocycles. The van der Waals surface area contributed by atoms with Gasteiger partial charge in [0, 0.05) is 12.7 Å². The van der Waals surface area contributed by atoms with Crippen molar-refractivity contribution in [1.29, 1.82) is 0 Å². The van der Waals surface area contributed by atoms with E-state index in [1.807, 2.05) is 33.9 Å². The molecule has 0 bridgehead atoms. The smallest absolute Gasteiger partial charge is 0.410 e. The molecule has 0 saturated carbocycles. The van der Waals surface area contributed by atoms with Crippen molar-refractivity contribution in [3.63, 3.8) is 0 Å². The fourth-order valence-corrected chi connectivity index (χ4v) is 3.02. The minimum absolute atomic E-state index is 0.104. The third-order valence-electron chi connectivity index (χ3n) is 4.44. The number of aromatic nitrogens is 4. The molecule has 2 N–H and O–H groups in total. The van der Waals surface area contributed by atoms with Crippen LogP contribution in [0.1, 0.15) is 44.9 Å². The molecule has 10 heteroatoms. The van der Waals surface area contributed by atoms with Crippen molar-refractivity contribution >= 4 is 23.5 Å². The highest BCUT2D eigenvalue weighted by molar-refractivity contribution is 6.29. The Morgan fingerprint density at radius 3 is 2.90 bits per heavy atom. The van der Waals surface area contributed by atoms with E-state index in [2.05, 4.69) is 27.1 Å². The summed E-state index contributed by atoms with van der Waals surface area (Å²) in [6.45, 7) is 8.89. The quantitative estimate of drug-likeness (QED) is 0.726. The minimum atomic E-state index is -0.538. The molecule has 3 rings (SSSR count). The molecule has 1 aliphatic rings. The maximum absolute atomic E-state index is 12.4. The minimum Gasteiger partial charge on any atom is -0.444 e. The van der Waals surface area contributed by atoms with Crippen molar-refractivity contribution in [3.8, 4) is 11.8 Å². The van der Waals surface area contributed by atoms with Crippen LogP contribution in [0.2, 0.25) is 5.15 Å². The van der Waals surface area contributed by atoms with E-state index < -0.39 is 5.60 Å². The molecule has 1 aliphatic heterocycles. The monoisotopic (exact) mass is 432 g/mol. The maximum atomic E-state index is 12.4. The van der Waals surface area contributed by atoms with Gasteiger partial charge in [-0.05, 0) is 33.8 Å². The van der Waals surface area contributed by atoms with Gasteiger partial charge in [0.05, 0.1) is 42.6 Å². The molecule has 2 unspecified atom stereocenters. The molecule has 160 valence electrons. The number of nitrogen functional groups attached to an aromatic ring is 1. The summed E-state index contributed by atoms with van der Waals surface area (Å²) in [6, 6.07) is 1.46. The van der Waals surface area contributed by atoms with Gasteiger partial charge in [-0.1, -0.05) is 23.4 Å². The van der Waals surface area contributed by atoms with E-state index in [0.717, 1.165) is 0 Å². The number of halogens is 1. The third-order valence-corrected chi connectivity index (χ3v) is 4.62. The first-order valence-corrected chi connectivity index (χ1v) is 9.94. The fourth-order valence-electron chi connectivity index (χ4n) is 2.87. The van der Waals surface area contributed by atoms with Crippen LogP contribution < -0.4 is 5.73 Å². The van der Waals surface area contributed by atoms with Gasteiger partial charge in [0.2, 0.25) is 0 Å². The number of morpholine rings is 1. The molecule has 0 aromatic carbocycles. The first-order valence-electron chi connectivity index (χ1n) is 9.57. The van der Waals surface area contributed by atoms with Crippen LogP contribution >= 0.6 is 11.6 Å². The molecule has 1 saturated heterocycles. The second kappa shape index (κ2) is 8.90. The lowest BCUT2D eigenvalue weighted by atomic mass is 10.1. The topological polar surface area (TPSA) is 108 Å². The summed E-state index contributed by atoms with van der Waals surface area (Å²) >= 11 is 5.84. The molecular weight excluding hydrogens is 408 g/mol. The molecule has 0 spiro atoms. The Hall–Kier alpha value is -2.83. The van der Waals surface area contributed by atoms with Crippen LogP contribution in [0.4, 0.5) is 10.6 Å². The highest BCUT2D eigenvalue weighted by Gasteiger charge is 2.31. The van der Waals surface area contributed by atoms with Crippen molar-refractivity contribution in [3.05, 3.63) is 34.7 Å². The lowest BCUT2D eigenvalue weighted by molar-refractivity contribution is -0.0595. The molecule has 1 fully saturated rings. The first kappa shape index (κ1) is 21.9. The van der Waals surface area contributed by atoms with E-state index in [0.29, 0.717) is 30.8 Å². The lowest BCUT2D eigenvalue weighted by Crippen LogP contribution is -2.49. The second-order valence-corrected chi connectivity index (χ2v) is 8.39. The average Bonchev–Trinajstić information content (AvgIpc) is 3.16. The maximum Gasteiger partial charge on any atom is 0.410 e. The second-order valence-electron chi connectivity index (χ2n) is 8.00. The Kier molecular flexibility index (Phi) is 6.48. The van der Waals surface area contributed by atoms with Crippen LogP contribution in [0.5, 0.6) is 0 Å². The van der Waals surface area contributed by atoms with Crippen LogP contribution in [0.3, 0.4) is 0 Å². The summed E-state index contributed by atoms with van der Waals surface area (Å²) in [5, 5.41) is 12.0. The Balaban J connectivity index is 1.67. The number of hydrogen-bond acceptors (Lipinski definition) is 7. The average molecular weight is 433 g/mol. The summed E-state index contributed by atoms with van der Waals surface area (Å²) < 4.78 is 13.1. The molecule has 30 heavy (non-hydrogen) atoms. The molecule has 2 atom stereocenters. The summed E-state index contributed by atoms with van der Waals surface area (Å²) in [6.07, 6.45) is 2.92. The largest absolute Gasteiger partial charge is 0.444 e. The Bertz CT molecular complexity index is 975. The molecular formula is C20H25ClN6O3. The normalized spacial score (nSPS) is 17.8. The van der Waals surface area contributed by atoms with Gasteiger partial charge in [-0.15, -0.1) is 10.2 Å². The van der Waals surface area contributed by atoms with E-state index in [1.54, 1.807) is 21.8 Å². The lowest BCUT2D eigenvalue weighted by Gasteiger charge is -2.36. The number of ether oxygens (including phenoxy) is 2. The Morgan fingerprint density at radius 1 is 1.40 bits per heavy atom. The highest BCUT2D eigenvalue weighted by atomic mass is 35.5. The van der Waals surface area contributed by atoms with Gasteiger partial charge < -0.3 is 20.1 Å². The van der Waals surface area contributed by atoms with Gasteiger partial charge in [-0.3, -0.25) is 4.68 Å². The number of carbonyl (C=O) groups is 1. The first-order chi connectivity index (χ1) is 14.1. The highest BCUT2D eigenvalue weighted by Crippen LogP contribution is 2.20. The zero-order chi connectivity index (χ0) is 21.9. The molecule has 3 heterocycles. The number of rotatable bonds is 2. The van der Waals surface area contributed by atoms with Crippen molar-refractivity contribution in [2.45, 2.75) is 45.4 Å². The van der Waals surface area contributed by atoms with Crippen LogP contribution in [-0.4, -0.2) is 62.4 Å². The zero-order valence-electron chi connectivity index (χ0n) is 17.4. The zero-order valence-corrected chi connectivity index (χ0v) is 18.2.